The minimum atomic E-state index is -3.06. The highest BCUT2D eigenvalue weighted by Gasteiger charge is 2.34. The summed E-state index contributed by atoms with van der Waals surface area (Å²) in [5.41, 5.74) is 3.41. The number of nitrogens with one attached hydrogen (secondary N) is 1. The van der Waals surface area contributed by atoms with Crippen LogP contribution in [-0.4, -0.2) is 40.6 Å². The SMILES string of the molecule is Cc1nn([C@H]2CCS(=O)(=O)C2)c2nc(C3CC3)cc(C(=O)Nc3ccc(Br)cc3)c12. The minimum absolute atomic E-state index is 0.0684. The highest BCUT2D eigenvalue weighted by molar-refractivity contribution is 9.10. The van der Waals surface area contributed by atoms with Crippen molar-refractivity contribution in [3.63, 3.8) is 0 Å². The first kappa shape index (κ1) is 19.7. The number of carbonyl (C=O) groups excluding carboxylic acids is 1. The molecule has 0 unspecified atom stereocenters. The Morgan fingerprint density at radius 3 is 2.57 bits per heavy atom. The molecule has 3 aromatic rings. The Morgan fingerprint density at radius 2 is 1.93 bits per heavy atom. The summed E-state index contributed by atoms with van der Waals surface area (Å²) in [4.78, 5) is 18.0. The lowest BCUT2D eigenvalue weighted by molar-refractivity contribution is 0.102. The van der Waals surface area contributed by atoms with Crippen molar-refractivity contribution in [3.05, 3.63) is 51.8 Å². The number of halogens is 1. The summed E-state index contributed by atoms with van der Waals surface area (Å²) in [6.07, 6.45) is 2.63. The van der Waals surface area contributed by atoms with Crippen LogP contribution in [0.3, 0.4) is 0 Å². The van der Waals surface area contributed by atoms with Gasteiger partial charge in [-0.15, -0.1) is 0 Å². The highest BCUT2D eigenvalue weighted by Crippen LogP contribution is 2.41. The van der Waals surface area contributed by atoms with Crippen LogP contribution in [0.1, 0.15) is 53.0 Å². The Bertz CT molecular complexity index is 1260. The van der Waals surface area contributed by atoms with Gasteiger partial charge in [0.15, 0.2) is 15.5 Å². The van der Waals surface area contributed by atoms with E-state index in [9.17, 15) is 13.2 Å². The number of aromatic nitrogens is 3. The summed E-state index contributed by atoms with van der Waals surface area (Å²) < 4.78 is 26.7. The van der Waals surface area contributed by atoms with Crippen LogP contribution >= 0.6 is 15.9 Å². The van der Waals surface area contributed by atoms with Crippen molar-refractivity contribution < 1.29 is 13.2 Å². The number of pyridine rings is 1. The molecule has 1 saturated carbocycles. The van der Waals surface area contributed by atoms with Crippen molar-refractivity contribution in [1.29, 1.82) is 0 Å². The predicted octanol–water partition coefficient (Wildman–Crippen LogP) is 3.99. The van der Waals surface area contributed by atoms with Crippen LogP contribution in [0.15, 0.2) is 34.8 Å². The normalized spacial score (nSPS) is 20.5. The molecule has 5 rings (SSSR count). The average molecular weight is 489 g/mol. The van der Waals surface area contributed by atoms with E-state index >= 15 is 0 Å². The largest absolute Gasteiger partial charge is 0.322 e. The number of nitrogens with zero attached hydrogens (tertiary/aromatic N) is 3. The Labute approximate surface area is 182 Å². The fraction of sp³-hybridized carbons (Fsp3) is 0.381. The Balaban J connectivity index is 1.60. The molecule has 30 heavy (non-hydrogen) atoms. The lowest BCUT2D eigenvalue weighted by Crippen LogP contribution is -2.15. The van der Waals surface area contributed by atoms with Gasteiger partial charge in [0, 0.05) is 21.8 Å². The van der Waals surface area contributed by atoms with Gasteiger partial charge in [0.25, 0.3) is 5.91 Å². The second-order valence-corrected chi connectivity index (χ2v) is 11.3. The van der Waals surface area contributed by atoms with Crippen molar-refractivity contribution >= 4 is 48.4 Å². The van der Waals surface area contributed by atoms with Crippen molar-refractivity contribution in [3.8, 4) is 0 Å². The first-order chi connectivity index (χ1) is 14.3. The zero-order valence-corrected chi connectivity index (χ0v) is 18.8. The summed E-state index contributed by atoms with van der Waals surface area (Å²) in [5.74, 6) is 0.369. The quantitative estimate of drug-likeness (QED) is 0.598. The van der Waals surface area contributed by atoms with E-state index in [4.69, 9.17) is 4.98 Å². The number of fused-ring (bicyclic) bond motifs is 1. The van der Waals surface area contributed by atoms with Crippen molar-refractivity contribution in [2.75, 3.05) is 16.8 Å². The third kappa shape index (κ3) is 3.65. The number of aryl methyl sites for hydroxylation is 1. The molecule has 7 nitrogen and oxygen atoms in total. The third-order valence-corrected chi connectivity index (χ3v) is 8.03. The van der Waals surface area contributed by atoms with Gasteiger partial charge in [-0.1, -0.05) is 15.9 Å². The molecule has 0 spiro atoms. The molecular weight excluding hydrogens is 468 g/mol. The van der Waals surface area contributed by atoms with Crippen LogP contribution in [0, 0.1) is 6.92 Å². The molecule has 1 saturated heterocycles. The van der Waals surface area contributed by atoms with E-state index in [1.54, 1.807) is 4.68 Å². The van der Waals surface area contributed by atoms with Crippen LogP contribution in [0.2, 0.25) is 0 Å². The van der Waals surface area contributed by atoms with Gasteiger partial charge in [-0.3, -0.25) is 4.79 Å². The van der Waals surface area contributed by atoms with Gasteiger partial charge in [-0.05, 0) is 56.5 Å². The minimum Gasteiger partial charge on any atom is -0.322 e. The molecule has 1 aromatic carbocycles. The second-order valence-electron chi connectivity index (χ2n) is 8.12. The smallest absolute Gasteiger partial charge is 0.256 e. The zero-order chi connectivity index (χ0) is 21.0. The molecule has 1 N–H and O–H groups in total. The summed E-state index contributed by atoms with van der Waals surface area (Å²) in [6.45, 7) is 1.84. The van der Waals surface area contributed by atoms with Gasteiger partial charge in [0.2, 0.25) is 0 Å². The van der Waals surface area contributed by atoms with Gasteiger partial charge in [0.05, 0.1) is 34.2 Å². The number of amides is 1. The van der Waals surface area contributed by atoms with Crippen molar-refractivity contribution in [2.45, 2.75) is 38.1 Å². The summed E-state index contributed by atoms with van der Waals surface area (Å²) in [5, 5.41) is 8.28. The maximum absolute atomic E-state index is 13.2. The Morgan fingerprint density at radius 1 is 1.20 bits per heavy atom. The lowest BCUT2D eigenvalue weighted by atomic mass is 10.1. The summed E-state index contributed by atoms with van der Waals surface area (Å²) in [7, 11) is -3.06. The van der Waals surface area contributed by atoms with Crippen LogP contribution in [-0.2, 0) is 9.84 Å². The first-order valence-corrected chi connectivity index (χ1v) is 12.6. The molecular formula is C21H21BrN4O3S. The van der Waals surface area contributed by atoms with Gasteiger partial charge < -0.3 is 5.32 Å². The fourth-order valence-corrected chi connectivity index (χ4v) is 6.01. The topological polar surface area (TPSA) is 93.9 Å². The number of anilines is 1. The van der Waals surface area contributed by atoms with Gasteiger partial charge in [-0.25, -0.2) is 18.1 Å². The molecule has 1 atom stereocenters. The van der Waals surface area contributed by atoms with Crippen LogP contribution in [0.4, 0.5) is 5.69 Å². The number of sulfone groups is 1. The van der Waals surface area contributed by atoms with E-state index in [1.807, 2.05) is 37.3 Å². The van der Waals surface area contributed by atoms with Gasteiger partial charge in [0.1, 0.15) is 0 Å². The second kappa shape index (κ2) is 7.16. The number of rotatable bonds is 4. The van der Waals surface area contributed by atoms with Crippen molar-refractivity contribution in [2.24, 2.45) is 0 Å². The molecule has 0 bridgehead atoms. The molecule has 156 valence electrons. The zero-order valence-electron chi connectivity index (χ0n) is 16.4. The molecule has 1 aliphatic heterocycles. The predicted molar refractivity (Wildman–Crippen MR) is 119 cm³/mol. The van der Waals surface area contributed by atoms with Gasteiger partial charge >= 0.3 is 0 Å². The fourth-order valence-electron chi connectivity index (χ4n) is 4.05. The molecule has 2 fully saturated rings. The molecule has 1 amide bonds. The van der Waals surface area contributed by atoms with Crippen molar-refractivity contribution in [1.82, 2.24) is 14.8 Å². The molecule has 3 heterocycles. The van der Waals surface area contributed by atoms with E-state index in [2.05, 4.69) is 26.3 Å². The molecule has 2 aromatic heterocycles. The average Bonchev–Trinajstić information content (AvgIpc) is 3.42. The number of benzene rings is 1. The molecule has 0 radical (unpaired) electrons. The Hall–Kier alpha value is -2.26. The highest BCUT2D eigenvalue weighted by atomic mass is 79.9. The molecule has 9 heteroatoms. The van der Waals surface area contributed by atoms with Crippen LogP contribution < -0.4 is 5.32 Å². The van der Waals surface area contributed by atoms with Crippen LogP contribution in [0.25, 0.3) is 11.0 Å². The van der Waals surface area contributed by atoms with E-state index < -0.39 is 9.84 Å². The van der Waals surface area contributed by atoms with E-state index in [1.165, 1.54) is 0 Å². The van der Waals surface area contributed by atoms with E-state index in [0.29, 0.717) is 40.3 Å². The third-order valence-electron chi connectivity index (χ3n) is 5.75. The Kier molecular flexibility index (Phi) is 4.70. The monoisotopic (exact) mass is 488 g/mol. The molecule has 1 aliphatic carbocycles. The number of hydrogen-bond donors (Lipinski definition) is 1. The van der Waals surface area contributed by atoms with Gasteiger partial charge in [-0.2, -0.15) is 5.10 Å². The maximum atomic E-state index is 13.2. The number of hydrogen-bond acceptors (Lipinski definition) is 5. The standard InChI is InChI=1S/C21H21BrN4O3S/c1-12-19-17(21(27)23-15-6-4-14(22)5-7-15)10-18(13-2-3-13)24-20(19)26(25-12)16-8-9-30(28,29)11-16/h4-7,10,13,16H,2-3,8-9,11H2,1H3,(H,23,27)/t16-/m0/s1. The summed E-state index contributed by atoms with van der Waals surface area (Å²) in [6, 6.07) is 9.05. The summed E-state index contributed by atoms with van der Waals surface area (Å²) >= 11 is 3.40. The first-order valence-electron chi connectivity index (χ1n) is 9.98. The van der Waals surface area contributed by atoms with Crippen LogP contribution in [0.5, 0.6) is 0 Å². The molecule has 2 aliphatic rings. The van der Waals surface area contributed by atoms with E-state index in [-0.39, 0.29) is 23.5 Å². The number of carbonyl (C=O) groups is 1. The maximum Gasteiger partial charge on any atom is 0.256 e. The van der Waals surface area contributed by atoms with E-state index in [0.717, 1.165) is 23.0 Å². The lowest BCUT2D eigenvalue weighted by Gasteiger charge is -2.12.